The summed E-state index contributed by atoms with van der Waals surface area (Å²) in [5.74, 6) is -4.83. The Balaban J connectivity index is 2.56. The van der Waals surface area contributed by atoms with Crippen molar-refractivity contribution in [1.29, 1.82) is 0 Å². The average molecular weight is 244 g/mol. The van der Waals surface area contributed by atoms with Crippen LogP contribution in [-0.2, 0) is 16.0 Å². The molecule has 17 heavy (non-hydrogen) atoms. The maximum absolute atomic E-state index is 14.1. The Labute approximate surface area is 94.2 Å². The SMILES string of the molecule is COC(=O)[C@]1(F)Cc2cc(F)cc(F)c2C1=O. The summed E-state index contributed by atoms with van der Waals surface area (Å²) in [6.45, 7) is 0. The Morgan fingerprint density at radius 1 is 1.41 bits per heavy atom. The van der Waals surface area contributed by atoms with E-state index in [1.165, 1.54) is 0 Å². The molecule has 1 aromatic carbocycles. The molecule has 0 bridgehead atoms. The zero-order chi connectivity index (χ0) is 12.8. The standard InChI is InChI=1S/C11H7F3O3/c1-17-10(16)11(14)4-5-2-6(12)3-7(13)8(5)9(11)15/h2-3H,4H2,1H3/t11-/m0/s1. The minimum atomic E-state index is -2.95. The number of alkyl halides is 1. The highest BCUT2D eigenvalue weighted by Crippen LogP contribution is 2.36. The van der Waals surface area contributed by atoms with Gasteiger partial charge in [0.25, 0.3) is 5.67 Å². The summed E-state index contributed by atoms with van der Waals surface area (Å²) < 4.78 is 44.5. The molecule has 1 atom stereocenters. The van der Waals surface area contributed by atoms with E-state index in [1.54, 1.807) is 0 Å². The van der Waals surface area contributed by atoms with Crippen LogP contribution in [0.1, 0.15) is 15.9 Å². The Kier molecular flexibility index (Phi) is 2.45. The Hall–Kier alpha value is -1.85. The summed E-state index contributed by atoms with van der Waals surface area (Å²) in [5, 5.41) is 0. The fourth-order valence-electron chi connectivity index (χ4n) is 1.89. The molecule has 1 aromatic rings. The third kappa shape index (κ3) is 1.51. The monoisotopic (exact) mass is 244 g/mol. The molecule has 3 nitrogen and oxygen atoms in total. The van der Waals surface area contributed by atoms with Gasteiger partial charge in [-0.1, -0.05) is 0 Å². The predicted molar refractivity (Wildman–Crippen MR) is 50.2 cm³/mol. The smallest absolute Gasteiger partial charge is 0.352 e. The van der Waals surface area contributed by atoms with Gasteiger partial charge in [0, 0.05) is 12.5 Å². The second kappa shape index (κ2) is 3.58. The molecule has 0 aliphatic heterocycles. The van der Waals surface area contributed by atoms with Gasteiger partial charge in [-0.15, -0.1) is 0 Å². The van der Waals surface area contributed by atoms with E-state index >= 15 is 0 Å². The number of hydrogen-bond acceptors (Lipinski definition) is 3. The summed E-state index contributed by atoms with van der Waals surface area (Å²) in [7, 11) is 0.914. The van der Waals surface area contributed by atoms with Gasteiger partial charge < -0.3 is 4.74 Å². The van der Waals surface area contributed by atoms with Crippen molar-refractivity contribution in [2.24, 2.45) is 0 Å². The highest BCUT2D eigenvalue weighted by Gasteiger charge is 2.54. The third-order valence-corrected chi connectivity index (χ3v) is 2.67. The number of halogens is 3. The first-order valence-corrected chi connectivity index (χ1v) is 4.70. The molecule has 0 saturated heterocycles. The van der Waals surface area contributed by atoms with Crippen molar-refractivity contribution < 1.29 is 27.5 Å². The van der Waals surface area contributed by atoms with E-state index in [4.69, 9.17) is 0 Å². The number of ether oxygens (including phenoxy) is 1. The lowest BCUT2D eigenvalue weighted by Gasteiger charge is -2.13. The summed E-state index contributed by atoms with van der Waals surface area (Å²) >= 11 is 0. The van der Waals surface area contributed by atoms with Crippen LogP contribution in [0.4, 0.5) is 13.2 Å². The molecule has 2 rings (SSSR count). The molecule has 0 spiro atoms. The molecule has 0 radical (unpaired) electrons. The van der Waals surface area contributed by atoms with Gasteiger partial charge in [-0.05, 0) is 11.6 Å². The van der Waals surface area contributed by atoms with Crippen LogP contribution in [0.3, 0.4) is 0 Å². The number of Topliss-reactive ketones (excluding diaryl/α,β-unsaturated/α-hetero) is 1. The van der Waals surface area contributed by atoms with E-state index < -0.39 is 41.0 Å². The fraction of sp³-hybridized carbons (Fsp3) is 0.273. The van der Waals surface area contributed by atoms with Gasteiger partial charge in [-0.2, -0.15) is 0 Å². The zero-order valence-corrected chi connectivity index (χ0v) is 8.72. The van der Waals surface area contributed by atoms with E-state index in [0.717, 1.165) is 13.2 Å². The molecule has 1 aliphatic carbocycles. The first-order chi connectivity index (χ1) is 7.90. The molecule has 0 heterocycles. The van der Waals surface area contributed by atoms with Crippen LogP contribution < -0.4 is 0 Å². The first-order valence-electron chi connectivity index (χ1n) is 4.70. The van der Waals surface area contributed by atoms with Crippen molar-refractivity contribution in [3.05, 3.63) is 34.9 Å². The number of carbonyl (C=O) groups is 2. The number of methoxy groups -OCH3 is 1. The number of hydrogen-bond donors (Lipinski definition) is 0. The van der Waals surface area contributed by atoms with Crippen molar-refractivity contribution in [2.45, 2.75) is 12.1 Å². The number of carbonyl (C=O) groups excluding carboxylic acids is 2. The fourth-order valence-corrected chi connectivity index (χ4v) is 1.89. The van der Waals surface area contributed by atoms with Crippen molar-refractivity contribution in [3.8, 4) is 0 Å². The van der Waals surface area contributed by atoms with E-state index in [1.807, 2.05) is 0 Å². The van der Waals surface area contributed by atoms with Crippen molar-refractivity contribution in [1.82, 2.24) is 0 Å². The second-order valence-electron chi connectivity index (χ2n) is 3.72. The number of fused-ring (bicyclic) bond motifs is 1. The zero-order valence-electron chi connectivity index (χ0n) is 8.72. The quantitative estimate of drug-likeness (QED) is 0.556. The van der Waals surface area contributed by atoms with Gasteiger partial charge in [-0.25, -0.2) is 18.0 Å². The second-order valence-corrected chi connectivity index (χ2v) is 3.72. The first kappa shape index (κ1) is 11.6. The van der Waals surface area contributed by atoms with Gasteiger partial charge in [0.05, 0.1) is 12.7 Å². The predicted octanol–water partition coefficient (Wildman–Crippen LogP) is 1.58. The minimum Gasteiger partial charge on any atom is -0.466 e. The van der Waals surface area contributed by atoms with Gasteiger partial charge in [0.15, 0.2) is 0 Å². The van der Waals surface area contributed by atoms with Gasteiger partial charge >= 0.3 is 5.97 Å². The summed E-state index contributed by atoms with van der Waals surface area (Å²) in [5.41, 5.74) is -3.70. The molecule has 1 aliphatic rings. The molecule has 0 N–H and O–H groups in total. The van der Waals surface area contributed by atoms with Crippen LogP contribution in [-0.4, -0.2) is 24.5 Å². The highest BCUT2D eigenvalue weighted by atomic mass is 19.1. The van der Waals surface area contributed by atoms with Crippen LogP contribution >= 0.6 is 0 Å². The highest BCUT2D eigenvalue weighted by molar-refractivity contribution is 6.18. The molecule has 0 saturated carbocycles. The molecule has 0 amide bonds. The largest absolute Gasteiger partial charge is 0.466 e. The van der Waals surface area contributed by atoms with E-state index in [0.29, 0.717) is 6.07 Å². The Bertz CT molecular complexity index is 527. The normalized spacial score (nSPS) is 22.5. The minimum absolute atomic E-state index is 0.166. The lowest BCUT2D eigenvalue weighted by molar-refractivity contribution is -0.150. The molecular formula is C11H7F3O3. The van der Waals surface area contributed by atoms with Crippen LogP contribution in [0, 0.1) is 11.6 Å². The lowest BCUT2D eigenvalue weighted by atomic mass is 10.0. The topological polar surface area (TPSA) is 43.4 Å². The van der Waals surface area contributed by atoms with Gasteiger partial charge in [0.2, 0.25) is 5.78 Å². The van der Waals surface area contributed by atoms with Crippen molar-refractivity contribution in [3.63, 3.8) is 0 Å². The third-order valence-electron chi connectivity index (χ3n) is 2.67. The maximum Gasteiger partial charge on any atom is 0.352 e. The summed E-state index contributed by atoms with van der Waals surface area (Å²) in [6, 6.07) is 1.31. The molecule has 0 fully saturated rings. The number of ketones is 1. The summed E-state index contributed by atoms with van der Waals surface area (Å²) in [4.78, 5) is 22.8. The van der Waals surface area contributed by atoms with Gasteiger partial charge in [0.1, 0.15) is 11.6 Å². The van der Waals surface area contributed by atoms with Crippen molar-refractivity contribution in [2.75, 3.05) is 7.11 Å². The molecular weight excluding hydrogens is 237 g/mol. The van der Waals surface area contributed by atoms with Crippen molar-refractivity contribution >= 4 is 11.8 Å². The molecule has 0 aromatic heterocycles. The molecule has 0 unspecified atom stereocenters. The Morgan fingerprint density at radius 3 is 2.65 bits per heavy atom. The van der Waals surface area contributed by atoms with Crippen LogP contribution in [0.5, 0.6) is 0 Å². The Morgan fingerprint density at radius 2 is 2.06 bits per heavy atom. The number of benzene rings is 1. The molecule has 90 valence electrons. The summed E-state index contributed by atoms with van der Waals surface area (Å²) in [6.07, 6.45) is -0.706. The maximum atomic E-state index is 14.1. The van der Waals surface area contributed by atoms with E-state index in [9.17, 15) is 22.8 Å². The van der Waals surface area contributed by atoms with E-state index in [2.05, 4.69) is 4.74 Å². The van der Waals surface area contributed by atoms with E-state index in [-0.39, 0.29) is 5.56 Å². The lowest BCUT2D eigenvalue weighted by Crippen LogP contribution is -2.41. The van der Waals surface area contributed by atoms with Crippen LogP contribution in [0.25, 0.3) is 0 Å². The number of rotatable bonds is 1. The average Bonchev–Trinajstić information content (AvgIpc) is 2.51. The molecule has 6 heteroatoms. The number of esters is 1. The van der Waals surface area contributed by atoms with Gasteiger partial charge in [-0.3, -0.25) is 4.79 Å². The van der Waals surface area contributed by atoms with Crippen LogP contribution in [0.15, 0.2) is 12.1 Å². The van der Waals surface area contributed by atoms with Crippen LogP contribution in [0.2, 0.25) is 0 Å².